The third-order valence-corrected chi connectivity index (χ3v) is 5.53. The molecule has 0 radical (unpaired) electrons. The van der Waals surface area contributed by atoms with Crippen LogP contribution in [0.1, 0.15) is 21.7 Å². The second kappa shape index (κ2) is 8.22. The number of carbonyl (C=O) groups is 2. The lowest BCUT2D eigenvalue weighted by atomic mass is 10.1. The predicted octanol–water partition coefficient (Wildman–Crippen LogP) is 4.16. The van der Waals surface area contributed by atoms with E-state index in [1.165, 1.54) is 23.9 Å². The van der Waals surface area contributed by atoms with Crippen molar-refractivity contribution < 1.29 is 19.1 Å². The Hall–Kier alpha value is -3.29. The van der Waals surface area contributed by atoms with Gasteiger partial charge in [-0.2, -0.15) is 0 Å². The fourth-order valence-electron chi connectivity index (χ4n) is 2.77. The first-order valence-corrected chi connectivity index (χ1v) is 10.1. The Morgan fingerprint density at radius 2 is 1.93 bits per heavy atom. The molecule has 4 rings (SSSR count). The van der Waals surface area contributed by atoms with Crippen LogP contribution in [0.15, 0.2) is 68.9 Å². The maximum atomic E-state index is 12.3. The van der Waals surface area contributed by atoms with E-state index in [-0.39, 0.29) is 16.5 Å². The van der Waals surface area contributed by atoms with Gasteiger partial charge in [0.1, 0.15) is 11.5 Å². The Labute approximate surface area is 181 Å². The number of hydrogen-bond acceptors (Lipinski definition) is 6. The van der Waals surface area contributed by atoms with Gasteiger partial charge in [-0.3, -0.25) is 4.79 Å². The molecule has 2 heterocycles. The molecule has 0 saturated carbocycles. The fraction of sp³-hybridized carbons (Fsp3) is 0.0455. The van der Waals surface area contributed by atoms with E-state index in [9.17, 15) is 14.7 Å². The summed E-state index contributed by atoms with van der Waals surface area (Å²) in [6.45, 7) is 1.99. The number of hydrogen-bond donors (Lipinski definition) is 1. The van der Waals surface area contributed by atoms with Crippen LogP contribution < -0.4 is 10.4 Å². The number of amides is 1. The van der Waals surface area contributed by atoms with E-state index in [0.717, 1.165) is 11.3 Å². The van der Waals surface area contributed by atoms with Crippen LogP contribution in [0.4, 0.5) is 5.69 Å². The smallest absolute Gasteiger partial charge is 0.264 e. The number of carboxylic acids is 1. The minimum absolute atomic E-state index is 0.0899. The molecule has 0 aliphatic carbocycles. The predicted molar refractivity (Wildman–Crippen MR) is 115 cm³/mol. The zero-order valence-electron chi connectivity index (χ0n) is 15.6. The quantitative estimate of drug-likeness (QED) is 0.618. The van der Waals surface area contributed by atoms with E-state index < -0.39 is 5.97 Å². The number of furan rings is 1. The third-order valence-electron chi connectivity index (χ3n) is 4.29. The van der Waals surface area contributed by atoms with Gasteiger partial charge in [-0.1, -0.05) is 29.3 Å². The number of aromatic carboxylic acids is 1. The number of nitrogens with one attached hydrogen (secondary N) is 1. The zero-order valence-corrected chi connectivity index (χ0v) is 17.2. The van der Waals surface area contributed by atoms with E-state index in [1.807, 2.05) is 31.2 Å². The number of nitrogens with zero attached hydrogens (tertiary/aromatic N) is 1. The molecule has 1 saturated heterocycles. The lowest BCUT2D eigenvalue weighted by molar-refractivity contribution is -0.255. The summed E-state index contributed by atoms with van der Waals surface area (Å²) in [4.78, 5) is 28.3. The van der Waals surface area contributed by atoms with Gasteiger partial charge in [0, 0.05) is 22.2 Å². The summed E-state index contributed by atoms with van der Waals surface area (Å²) >= 11 is 7.09. The molecule has 0 bridgehead atoms. The topological polar surface area (TPSA) is 94.7 Å². The molecule has 150 valence electrons. The van der Waals surface area contributed by atoms with Crippen molar-refractivity contribution in [3.8, 4) is 11.3 Å². The maximum Gasteiger partial charge on any atom is 0.264 e. The first kappa shape index (κ1) is 20.0. The molecule has 1 aliphatic rings. The summed E-state index contributed by atoms with van der Waals surface area (Å²) in [7, 11) is 0. The molecule has 1 aromatic heterocycles. The average molecular weight is 438 g/mol. The van der Waals surface area contributed by atoms with E-state index in [1.54, 1.807) is 24.3 Å². The van der Waals surface area contributed by atoms with E-state index in [4.69, 9.17) is 16.0 Å². The van der Waals surface area contributed by atoms with Crippen LogP contribution in [-0.2, 0) is 4.79 Å². The highest BCUT2D eigenvalue weighted by molar-refractivity contribution is 8.18. The minimum atomic E-state index is -1.37. The van der Waals surface area contributed by atoms with Crippen molar-refractivity contribution in [1.29, 1.82) is 0 Å². The number of amidine groups is 1. The molecule has 1 amide bonds. The van der Waals surface area contributed by atoms with E-state index in [2.05, 4.69) is 10.3 Å². The van der Waals surface area contributed by atoms with Gasteiger partial charge >= 0.3 is 0 Å². The van der Waals surface area contributed by atoms with Gasteiger partial charge in [0.15, 0.2) is 5.17 Å². The number of rotatable bonds is 4. The van der Waals surface area contributed by atoms with Crippen molar-refractivity contribution in [2.24, 2.45) is 4.99 Å². The number of aryl methyl sites for hydroxylation is 1. The molecule has 0 spiro atoms. The van der Waals surface area contributed by atoms with Crippen molar-refractivity contribution in [2.45, 2.75) is 6.92 Å². The number of carboxylic acid groups (broad SMARTS) is 1. The van der Waals surface area contributed by atoms with Gasteiger partial charge in [-0.15, -0.1) is 0 Å². The third kappa shape index (κ3) is 4.32. The summed E-state index contributed by atoms with van der Waals surface area (Å²) in [5, 5.41) is 14.5. The summed E-state index contributed by atoms with van der Waals surface area (Å²) in [5.41, 5.74) is 2.29. The molecule has 2 aromatic carbocycles. The van der Waals surface area contributed by atoms with Gasteiger partial charge < -0.3 is 19.6 Å². The van der Waals surface area contributed by atoms with Crippen molar-refractivity contribution in [2.75, 3.05) is 0 Å². The highest BCUT2D eigenvalue weighted by Crippen LogP contribution is 2.31. The summed E-state index contributed by atoms with van der Waals surface area (Å²) in [6.07, 6.45) is 1.61. The van der Waals surface area contributed by atoms with Crippen molar-refractivity contribution in [1.82, 2.24) is 5.32 Å². The van der Waals surface area contributed by atoms with Gasteiger partial charge in [-0.25, -0.2) is 4.99 Å². The molecule has 30 heavy (non-hydrogen) atoms. The average Bonchev–Trinajstić information content (AvgIpc) is 3.31. The Morgan fingerprint density at radius 3 is 2.67 bits per heavy atom. The van der Waals surface area contributed by atoms with Crippen LogP contribution in [0.5, 0.6) is 0 Å². The molecular weight excluding hydrogens is 424 g/mol. The van der Waals surface area contributed by atoms with Crippen molar-refractivity contribution in [3.05, 3.63) is 81.4 Å². The number of thioether (sulfide) groups is 1. The standard InChI is InChI=1S/C22H15ClN2O4S/c1-12-2-5-14(6-3-12)24-22-25-20(26)19(30-22)11-15-7-9-18(29-15)13-4-8-17(23)16(10-13)21(27)28/h2-11H,1H3,(H,27,28)(H,24,25,26)/p-1/b19-11+. The SMILES string of the molecule is Cc1ccc(N=C2NC(=O)/C(=C\c3ccc(-c4ccc(Cl)c(C(=O)[O-])c4)o3)S2)cc1. The first-order chi connectivity index (χ1) is 14.4. The van der Waals surface area contributed by atoms with Gasteiger partial charge in [0.2, 0.25) is 0 Å². The largest absolute Gasteiger partial charge is 0.545 e. The molecule has 0 atom stereocenters. The van der Waals surface area contributed by atoms with Gasteiger partial charge in [-0.05, 0) is 61.2 Å². The Bertz CT molecular complexity index is 1210. The van der Waals surface area contributed by atoms with Gasteiger partial charge in [0.25, 0.3) is 5.91 Å². The van der Waals surface area contributed by atoms with Crippen LogP contribution >= 0.6 is 23.4 Å². The maximum absolute atomic E-state index is 12.3. The molecular formula is C22H14ClN2O4S-. The van der Waals surface area contributed by atoms with E-state index >= 15 is 0 Å². The number of benzene rings is 2. The molecule has 3 aromatic rings. The van der Waals surface area contributed by atoms with E-state index in [0.29, 0.717) is 27.2 Å². The second-order valence-corrected chi connectivity index (χ2v) is 7.94. The summed E-state index contributed by atoms with van der Waals surface area (Å²) < 4.78 is 5.76. The lowest BCUT2D eigenvalue weighted by Crippen LogP contribution is -2.22. The Morgan fingerprint density at radius 1 is 1.17 bits per heavy atom. The zero-order chi connectivity index (χ0) is 21.3. The summed E-state index contributed by atoms with van der Waals surface area (Å²) in [5.74, 6) is -0.744. The van der Waals surface area contributed by atoms with Crippen LogP contribution in [0.3, 0.4) is 0 Å². The number of halogens is 1. The second-order valence-electron chi connectivity index (χ2n) is 6.50. The fourth-order valence-corrected chi connectivity index (χ4v) is 3.78. The Kier molecular flexibility index (Phi) is 5.48. The molecule has 1 aliphatic heterocycles. The highest BCUT2D eigenvalue weighted by Gasteiger charge is 2.24. The number of aliphatic imine (C=N–C) groups is 1. The number of carbonyl (C=O) groups excluding carboxylic acids is 2. The van der Waals surface area contributed by atoms with Crippen LogP contribution in [0.25, 0.3) is 17.4 Å². The van der Waals surface area contributed by atoms with Crippen LogP contribution in [0, 0.1) is 6.92 Å². The summed E-state index contributed by atoms with van der Waals surface area (Å²) in [6, 6.07) is 15.5. The minimum Gasteiger partial charge on any atom is -0.545 e. The van der Waals surface area contributed by atoms with Gasteiger partial charge in [0.05, 0.1) is 16.6 Å². The van der Waals surface area contributed by atoms with Crippen molar-refractivity contribution >= 4 is 52.2 Å². The van der Waals surface area contributed by atoms with Crippen LogP contribution in [-0.4, -0.2) is 17.0 Å². The molecule has 1 N–H and O–H groups in total. The highest BCUT2D eigenvalue weighted by atomic mass is 35.5. The lowest BCUT2D eigenvalue weighted by Gasteiger charge is -2.06. The van der Waals surface area contributed by atoms with Crippen molar-refractivity contribution in [3.63, 3.8) is 0 Å². The molecule has 6 nitrogen and oxygen atoms in total. The molecule has 8 heteroatoms. The Balaban J connectivity index is 1.56. The normalized spacial score (nSPS) is 16.3. The molecule has 0 unspecified atom stereocenters. The monoisotopic (exact) mass is 437 g/mol. The molecule has 1 fully saturated rings. The van der Waals surface area contributed by atoms with Crippen LogP contribution in [0.2, 0.25) is 5.02 Å². The first-order valence-electron chi connectivity index (χ1n) is 8.86.